The molecular formula is C2H2FNO. The minimum Gasteiger partial charge on any atom is -0.225 e. The van der Waals surface area contributed by atoms with Gasteiger partial charge in [-0.1, -0.05) is 0 Å². The van der Waals surface area contributed by atoms with E-state index in [1.807, 2.05) is 0 Å². The Kier molecular flexibility index (Phi) is 2.85. The molecule has 0 fully saturated rings. The molecule has 0 heterocycles. The summed E-state index contributed by atoms with van der Waals surface area (Å²) >= 11 is 0. The van der Waals surface area contributed by atoms with E-state index in [0.717, 1.165) is 6.08 Å². The molecule has 0 bridgehead atoms. The van der Waals surface area contributed by atoms with Gasteiger partial charge in [0.1, 0.15) is 0 Å². The van der Waals surface area contributed by atoms with Crippen LogP contribution in [0.25, 0.3) is 0 Å². The second-order valence-corrected chi connectivity index (χ2v) is 0.369. The lowest BCUT2D eigenvalue weighted by atomic mass is 11.3. The van der Waals surface area contributed by atoms with Gasteiger partial charge in [-0.2, -0.15) is 4.99 Å². The molecule has 0 aliphatic heterocycles. The molecule has 0 aromatic carbocycles. The largest absolute Gasteiger partial charge is 0.237 e. The van der Waals surface area contributed by atoms with Gasteiger partial charge in [-0.15, -0.1) is 0 Å². The normalized spacial score (nSPS) is 5.80. The fourth-order valence-electron chi connectivity index (χ4n) is 0.0244. The fourth-order valence-corrected chi connectivity index (χ4v) is 0.0244. The Morgan fingerprint density at radius 2 is 2.60 bits per heavy atom. The summed E-state index contributed by atoms with van der Waals surface area (Å²) < 4.78 is 10.6. The van der Waals surface area contributed by atoms with Gasteiger partial charge in [0.05, 0.1) is 0 Å². The van der Waals surface area contributed by atoms with E-state index in [1.54, 1.807) is 0 Å². The van der Waals surface area contributed by atoms with Crippen LogP contribution < -0.4 is 0 Å². The first-order chi connectivity index (χ1) is 2.41. The van der Waals surface area contributed by atoms with Crippen LogP contribution in [0.1, 0.15) is 0 Å². The van der Waals surface area contributed by atoms with Gasteiger partial charge in [-0.25, -0.2) is 9.18 Å². The SMILES string of the molecule is O=C=NCF. The van der Waals surface area contributed by atoms with Crippen molar-refractivity contribution in [3.63, 3.8) is 0 Å². The van der Waals surface area contributed by atoms with Crippen molar-refractivity contribution < 1.29 is 9.18 Å². The van der Waals surface area contributed by atoms with Crippen molar-refractivity contribution in [1.29, 1.82) is 0 Å². The van der Waals surface area contributed by atoms with Crippen LogP contribution in [0, 0.1) is 0 Å². The van der Waals surface area contributed by atoms with Gasteiger partial charge in [-0.05, 0) is 0 Å². The number of rotatable bonds is 1. The summed E-state index contributed by atoms with van der Waals surface area (Å²) in [7, 11) is 0. The Morgan fingerprint density at radius 1 is 2.00 bits per heavy atom. The monoisotopic (exact) mass is 75.0 g/mol. The fraction of sp³-hybridized carbons (Fsp3) is 0.500. The molecule has 0 unspecified atom stereocenters. The van der Waals surface area contributed by atoms with E-state index >= 15 is 0 Å². The molecule has 0 rings (SSSR count). The predicted octanol–water partition coefficient (Wildman–Crippen LogP) is 0.249. The third-order valence-corrected chi connectivity index (χ3v) is 0.124. The maximum Gasteiger partial charge on any atom is 0.237 e. The highest BCUT2D eigenvalue weighted by atomic mass is 19.1. The number of halogens is 1. The van der Waals surface area contributed by atoms with E-state index in [2.05, 4.69) is 4.99 Å². The minimum atomic E-state index is -0.955. The zero-order valence-electron chi connectivity index (χ0n) is 2.44. The maximum absolute atomic E-state index is 10.6. The molecule has 0 radical (unpaired) electrons. The first-order valence-corrected chi connectivity index (χ1v) is 1.01. The number of alkyl halides is 1. The average Bonchev–Trinajstić information content (AvgIpc) is 1.41. The highest BCUT2D eigenvalue weighted by molar-refractivity contribution is 5.32. The molecule has 0 atom stereocenters. The number of hydrogen-bond donors (Lipinski definition) is 0. The summed E-state index contributed by atoms with van der Waals surface area (Å²) in [5.74, 6) is 0. The quantitative estimate of drug-likeness (QED) is 0.249. The van der Waals surface area contributed by atoms with Crippen molar-refractivity contribution in [2.24, 2.45) is 4.99 Å². The van der Waals surface area contributed by atoms with Crippen molar-refractivity contribution in [1.82, 2.24) is 0 Å². The summed E-state index contributed by atoms with van der Waals surface area (Å²) in [6, 6.07) is 0. The maximum atomic E-state index is 10.6. The molecule has 0 saturated heterocycles. The van der Waals surface area contributed by atoms with Gasteiger partial charge in [-0.3, -0.25) is 0 Å². The van der Waals surface area contributed by atoms with E-state index in [1.165, 1.54) is 0 Å². The van der Waals surface area contributed by atoms with E-state index in [-0.39, 0.29) is 0 Å². The molecule has 0 aliphatic carbocycles. The molecule has 0 aromatic heterocycles. The van der Waals surface area contributed by atoms with Gasteiger partial charge in [0.2, 0.25) is 6.08 Å². The lowest BCUT2D eigenvalue weighted by Gasteiger charge is -1.55. The van der Waals surface area contributed by atoms with Crippen LogP contribution in [0.4, 0.5) is 4.39 Å². The summed E-state index contributed by atoms with van der Waals surface area (Å²) in [5.41, 5.74) is 0. The van der Waals surface area contributed by atoms with E-state index in [0.29, 0.717) is 0 Å². The molecule has 2 nitrogen and oxygen atoms in total. The summed E-state index contributed by atoms with van der Waals surface area (Å²) in [4.78, 5) is 11.4. The molecule has 0 spiro atoms. The first kappa shape index (κ1) is 4.31. The minimum absolute atomic E-state index is 0.955. The number of carbonyl (C=O) groups excluding carboxylic acids is 1. The third-order valence-electron chi connectivity index (χ3n) is 0.124. The summed E-state index contributed by atoms with van der Waals surface area (Å²) in [5, 5.41) is 0. The van der Waals surface area contributed by atoms with E-state index in [9.17, 15) is 4.39 Å². The van der Waals surface area contributed by atoms with Crippen LogP contribution in [-0.2, 0) is 4.79 Å². The Balaban J connectivity index is 2.93. The predicted molar refractivity (Wildman–Crippen MR) is 14.1 cm³/mol. The van der Waals surface area contributed by atoms with Gasteiger partial charge in [0.25, 0.3) is 0 Å². The molecule has 0 saturated carbocycles. The van der Waals surface area contributed by atoms with Crippen molar-refractivity contribution in [3.05, 3.63) is 0 Å². The Bertz CT molecular complexity index is 56.7. The Hall–Kier alpha value is -0.690. The standard InChI is InChI=1S/C2H2FNO/c3-1-4-2-5/h1H2. The third kappa shape index (κ3) is 3.31. The van der Waals surface area contributed by atoms with E-state index in [4.69, 9.17) is 4.79 Å². The first-order valence-electron chi connectivity index (χ1n) is 1.01. The van der Waals surface area contributed by atoms with Crippen LogP contribution >= 0.6 is 0 Å². The number of nitrogens with zero attached hydrogens (tertiary/aromatic N) is 1. The second-order valence-electron chi connectivity index (χ2n) is 0.369. The highest BCUT2D eigenvalue weighted by Gasteiger charge is 1.56. The highest BCUT2D eigenvalue weighted by Crippen LogP contribution is 1.58. The Labute approximate surface area is 28.3 Å². The number of hydrogen-bond acceptors (Lipinski definition) is 2. The van der Waals surface area contributed by atoms with Gasteiger partial charge < -0.3 is 0 Å². The number of aliphatic imine (C=N–C) groups is 1. The smallest absolute Gasteiger partial charge is 0.225 e. The van der Waals surface area contributed by atoms with Crippen LogP contribution in [0.2, 0.25) is 0 Å². The topological polar surface area (TPSA) is 29.4 Å². The van der Waals surface area contributed by atoms with Gasteiger partial charge >= 0.3 is 0 Å². The van der Waals surface area contributed by atoms with E-state index < -0.39 is 6.80 Å². The van der Waals surface area contributed by atoms with Gasteiger partial charge in [0.15, 0.2) is 6.80 Å². The molecule has 0 aliphatic rings. The zero-order chi connectivity index (χ0) is 4.12. The molecule has 0 N–H and O–H groups in total. The van der Waals surface area contributed by atoms with Crippen molar-refractivity contribution in [2.75, 3.05) is 6.80 Å². The second kappa shape index (κ2) is 3.31. The van der Waals surface area contributed by atoms with Crippen molar-refractivity contribution in [3.8, 4) is 0 Å². The molecule has 5 heavy (non-hydrogen) atoms. The van der Waals surface area contributed by atoms with Crippen LogP contribution in [0.15, 0.2) is 4.99 Å². The molecule has 0 amide bonds. The lowest BCUT2D eigenvalue weighted by molar-refractivity contribution is 0.502. The van der Waals surface area contributed by atoms with Crippen molar-refractivity contribution in [2.45, 2.75) is 0 Å². The van der Waals surface area contributed by atoms with Crippen LogP contribution in [-0.4, -0.2) is 12.9 Å². The summed E-state index contributed by atoms with van der Waals surface area (Å²) in [6.45, 7) is -0.955. The molecular weight excluding hydrogens is 73.0 g/mol. The Morgan fingerprint density at radius 3 is 2.60 bits per heavy atom. The van der Waals surface area contributed by atoms with Crippen LogP contribution in [0.5, 0.6) is 0 Å². The summed E-state index contributed by atoms with van der Waals surface area (Å²) in [6.07, 6.45) is 1.02. The zero-order valence-corrected chi connectivity index (χ0v) is 2.44. The number of isocyanates is 1. The van der Waals surface area contributed by atoms with Crippen molar-refractivity contribution >= 4 is 6.08 Å². The average molecular weight is 75.0 g/mol. The van der Waals surface area contributed by atoms with Gasteiger partial charge in [0, 0.05) is 0 Å². The lowest BCUT2D eigenvalue weighted by Crippen LogP contribution is -1.55. The molecule has 0 aromatic rings. The molecule has 3 heteroatoms. The van der Waals surface area contributed by atoms with Crippen LogP contribution in [0.3, 0.4) is 0 Å². The molecule has 28 valence electrons.